The highest BCUT2D eigenvalue weighted by molar-refractivity contribution is 7.99. The Bertz CT molecular complexity index is 552. The SMILES string of the molecule is Cc1nc(Sc2cc(/C(N)=N/O)ccn2)n[nH]1. The fourth-order valence-corrected chi connectivity index (χ4v) is 1.90. The van der Waals surface area contributed by atoms with Crippen molar-refractivity contribution in [2.45, 2.75) is 17.1 Å². The molecule has 0 radical (unpaired) electrons. The van der Waals surface area contributed by atoms with Gasteiger partial charge in [-0.05, 0) is 30.8 Å². The zero-order chi connectivity index (χ0) is 12.3. The Morgan fingerprint density at radius 2 is 2.41 bits per heavy atom. The van der Waals surface area contributed by atoms with Gasteiger partial charge in [0, 0.05) is 11.8 Å². The second-order valence-corrected chi connectivity index (χ2v) is 4.16. The first-order valence-corrected chi connectivity index (χ1v) is 5.51. The lowest BCUT2D eigenvalue weighted by Crippen LogP contribution is -2.13. The van der Waals surface area contributed by atoms with Crippen LogP contribution in [0.1, 0.15) is 11.4 Å². The van der Waals surface area contributed by atoms with E-state index in [-0.39, 0.29) is 5.84 Å². The monoisotopic (exact) mass is 250 g/mol. The van der Waals surface area contributed by atoms with Crippen molar-refractivity contribution in [3.8, 4) is 0 Å². The molecule has 0 spiro atoms. The number of rotatable bonds is 3. The third kappa shape index (κ3) is 2.72. The van der Waals surface area contributed by atoms with Crippen molar-refractivity contribution >= 4 is 17.6 Å². The molecule has 0 saturated carbocycles. The van der Waals surface area contributed by atoms with E-state index >= 15 is 0 Å². The molecular weight excluding hydrogens is 240 g/mol. The first-order valence-electron chi connectivity index (χ1n) is 4.70. The lowest BCUT2D eigenvalue weighted by molar-refractivity contribution is 0.318. The minimum absolute atomic E-state index is 0.0421. The highest BCUT2D eigenvalue weighted by Gasteiger charge is 2.06. The van der Waals surface area contributed by atoms with Crippen LogP contribution >= 0.6 is 11.8 Å². The van der Waals surface area contributed by atoms with Crippen LogP contribution in [0, 0.1) is 6.92 Å². The van der Waals surface area contributed by atoms with E-state index in [1.807, 2.05) is 6.92 Å². The Labute approximate surface area is 101 Å². The molecule has 0 fully saturated rings. The standard InChI is InChI=1S/C9H10N6OS/c1-5-12-9(14-13-5)17-7-4-6(2-3-11-7)8(10)15-16/h2-4,16H,1H3,(H2,10,15)(H,12,13,14). The maximum Gasteiger partial charge on any atom is 0.214 e. The molecule has 0 amide bonds. The maximum absolute atomic E-state index is 8.58. The van der Waals surface area contributed by atoms with Crippen LogP contribution in [0.25, 0.3) is 0 Å². The summed E-state index contributed by atoms with van der Waals surface area (Å²) in [7, 11) is 0. The van der Waals surface area contributed by atoms with Gasteiger partial charge < -0.3 is 10.9 Å². The van der Waals surface area contributed by atoms with Crippen molar-refractivity contribution in [3.63, 3.8) is 0 Å². The van der Waals surface area contributed by atoms with Gasteiger partial charge in [-0.2, -0.15) is 0 Å². The van der Waals surface area contributed by atoms with E-state index in [9.17, 15) is 0 Å². The van der Waals surface area contributed by atoms with Gasteiger partial charge in [0.25, 0.3) is 0 Å². The lowest BCUT2D eigenvalue weighted by atomic mass is 10.2. The number of aromatic amines is 1. The van der Waals surface area contributed by atoms with Gasteiger partial charge in [0.2, 0.25) is 5.16 Å². The second-order valence-electron chi connectivity index (χ2n) is 3.17. The number of nitrogens with zero attached hydrogens (tertiary/aromatic N) is 4. The number of H-pyrrole nitrogens is 1. The van der Waals surface area contributed by atoms with E-state index in [1.54, 1.807) is 18.3 Å². The van der Waals surface area contributed by atoms with E-state index in [2.05, 4.69) is 25.3 Å². The van der Waals surface area contributed by atoms with E-state index in [4.69, 9.17) is 10.9 Å². The molecule has 0 aliphatic carbocycles. The number of hydrogen-bond donors (Lipinski definition) is 3. The molecule has 0 saturated heterocycles. The average molecular weight is 250 g/mol. The Morgan fingerprint density at radius 3 is 3.06 bits per heavy atom. The average Bonchev–Trinajstić information content (AvgIpc) is 2.74. The number of nitrogens with two attached hydrogens (primary N) is 1. The topological polar surface area (TPSA) is 113 Å². The molecule has 0 aliphatic rings. The lowest BCUT2D eigenvalue weighted by Gasteiger charge is -2.00. The second kappa shape index (κ2) is 4.83. The van der Waals surface area contributed by atoms with Gasteiger partial charge in [-0.25, -0.2) is 9.97 Å². The summed E-state index contributed by atoms with van der Waals surface area (Å²) in [5.41, 5.74) is 6.08. The first-order chi connectivity index (χ1) is 8.19. The number of amidine groups is 1. The van der Waals surface area contributed by atoms with Crippen molar-refractivity contribution in [2.24, 2.45) is 10.9 Å². The van der Waals surface area contributed by atoms with Crippen molar-refractivity contribution in [2.75, 3.05) is 0 Å². The summed E-state index contributed by atoms with van der Waals surface area (Å²) in [5.74, 6) is 0.778. The minimum Gasteiger partial charge on any atom is -0.409 e. The number of oxime groups is 1. The van der Waals surface area contributed by atoms with E-state index < -0.39 is 0 Å². The molecular formula is C9H10N6OS. The number of pyridine rings is 1. The number of aryl methyl sites for hydroxylation is 1. The Morgan fingerprint density at radius 1 is 1.59 bits per heavy atom. The molecule has 7 nitrogen and oxygen atoms in total. The van der Waals surface area contributed by atoms with E-state index in [0.29, 0.717) is 15.7 Å². The van der Waals surface area contributed by atoms with Crippen LogP contribution in [0.5, 0.6) is 0 Å². The summed E-state index contributed by atoms with van der Waals surface area (Å²) < 4.78 is 0. The quantitative estimate of drug-likeness (QED) is 0.321. The van der Waals surface area contributed by atoms with Gasteiger partial charge in [0.1, 0.15) is 10.9 Å². The molecule has 88 valence electrons. The Kier molecular flexibility index (Phi) is 3.24. The van der Waals surface area contributed by atoms with Crippen LogP contribution < -0.4 is 5.73 Å². The summed E-state index contributed by atoms with van der Waals surface area (Å²) >= 11 is 1.29. The zero-order valence-corrected chi connectivity index (χ0v) is 9.77. The van der Waals surface area contributed by atoms with Crippen molar-refractivity contribution in [1.29, 1.82) is 0 Å². The fourth-order valence-electron chi connectivity index (χ4n) is 1.14. The van der Waals surface area contributed by atoms with E-state index in [0.717, 1.165) is 5.82 Å². The summed E-state index contributed by atoms with van der Waals surface area (Å²) in [6.07, 6.45) is 1.58. The summed E-state index contributed by atoms with van der Waals surface area (Å²) in [5, 5.41) is 19.5. The Balaban J connectivity index is 2.22. The third-order valence-electron chi connectivity index (χ3n) is 1.91. The molecule has 2 rings (SSSR count). The fraction of sp³-hybridized carbons (Fsp3) is 0.111. The van der Waals surface area contributed by atoms with Crippen LogP contribution in [0.15, 0.2) is 33.7 Å². The number of nitrogens with one attached hydrogen (secondary N) is 1. The van der Waals surface area contributed by atoms with Crippen LogP contribution in [-0.2, 0) is 0 Å². The molecule has 2 aromatic rings. The van der Waals surface area contributed by atoms with Gasteiger partial charge >= 0.3 is 0 Å². The van der Waals surface area contributed by atoms with Crippen LogP contribution in [0.3, 0.4) is 0 Å². The molecule has 2 aromatic heterocycles. The predicted octanol–water partition coefficient (Wildman–Crippen LogP) is 0.754. The molecule has 2 heterocycles. The highest BCUT2D eigenvalue weighted by Crippen LogP contribution is 2.22. The van der Waals surface area contributed by atoms with Crippen LogP contribution in [0.2, 0.25) is 0 Å². The third-order valence-corrected chi connectivity index (χ3v) is 2.71. The maximum atomic E-state index is 8.58. The van der Waals surface area contributed by atoms with Crippen molar-refractivity contribution < 1.29 is 5.21 Å². The largest absolute Gasteiger partial charge is 0.409 e. The number of hydrogen-bond acceptors (Lipinski definition) is 6. The van der Waals surface area contributed by atoms with Crippen LogP contribution in [0.4, 0.5) is 0 Å². The summed E-state index contributed by atoms with van der Waals surface area (Å²) in [6.45, 7) is 1.82. The van der Waals surface area contributed by atoms with Crippen LogP contribution in [-0.4, -0.2) is 31.2 Å². The predicted molar refractivity (Wildman–Crippen MR) is 62.0 cm³/mol. The molecule has 0 unspecified atom stereocenters. The summed E-state index contributed by atoms with van der Waals surface area (Å²) in [6, 6.07) is 3.35. The molecule has 0 bridgehead atoms. The van der Waals surface area contributed by atoms with Crippen molar-refractivity contribution in [3.05, 3.63) is 29.7 Å². The molecule has 17 heavy (non-hydrogen) atoms. The molecule has 4 N–H and O–H groups in total. The summed E-state index contributed by atoms with van der Waals surface area (Å²) in [4.78, 5) is 8.28. The smallest absolute Gasteiger partial charge is 0.214 e. The van der Waals surface area contributed by atoms with Crippen molar-refractivity contribution in [1.82, 2.24) is 20.2 Å². The van der Waals surface area contributed by atoms with Gasteiger partial charge in [0.15, 0.2) is 5.84 Å². The molecule has 8 heteroatoms. The zero-order valence-electron chi connectivity index (χ0n) is 8.95. The van der Waals surface area contributed by atoms with Gasteiger partial charge in [-0.3, -0.25) is 5.10 Å². The molecule has 0 aromatic carbocycles. The highest BCUT2D eigenvalue weighted by atomic mass is 32.2. The minimum atomic E-state index is 0.0421. The first kappa shape index (κ1) is 11.4. The van der Waals surface area contributed by atoms with Gasteiger partial charge in [-0.15, -0.1) is 5.10 Å². The molecule has 0 aliphatic heterocycles. The normalized spacial score (nSPS) is 11.7. The number of aromatic nitrogens is 4. The Hall–Kier alpha value is -2.09. The van der Waals surface area contributed by atoms with Gasteiger partial charge in [-0.1, -0.05) is 5.16 Å². The van der Waals surface area contributed by atoms with Gasteiger partial charge in [0.05, 0.1) is 0 Å². The van der Waals surface area contributed by atoms with E-state index in [1.165, 1.54) is 11.8 Å². The molecule has 0 atom stereocenters.